The van der Waals surface area contributed by atoms with E-state index in [1.54, 1.807) is 0 Å². The second kappa shape index (κ2) is 7.35. The third kappa shape index (κ3) is 12.5. The predicted molar refractivity (Wildman–Crippen MR) is 87.3 cm³/mol. The van der Waals surface area contributed by atoms with E-state index < -0.39 is 7.82 Å². The van der Waals surface area contributed by atoms with Crippen LogP contribution in [0.2, 0.25) is 15.1 Å². The van der Waals surface area contributed by atoms with Crippen molar-refractivity contribution in [2.75, 3.05) is 0 Å². The standard InChI is InChI=1S/C12H27O4PSi3/c1-10(2,3)18-14-17(13,15-19-11(4,5)6)16-20-12(7,8)9/h1-9H3. The van der Waals surface area contributed by atoms with E-state index in [-0.39, 0.29) is 44.4 Å². The zero-order valence-electron chi connectivity index (χ0n) is 14.1. The topological polar surface area (TPSA) is 44.8 Å². The molecule has 0 saturated carbocycles. The summed E-state index contributed by atoms with van der Waals surface area (Å²) in [5, 5.41) is -0.172. The van der Waals surface area contributed by atoms with Crippen molar-refractivity contribution < 1.29 is 17.2 Å². The average Bonchev–Trinajstić information content (AvgIpc) is 2.18. The van der Waals surface area contributed by atoms with Crippen molar-refractivity contribution in [3.05, 3.63) is 0 Å². The highest BCUT2D eigenvalue weighted by Gasteiger charge is 2.33. The fourth-order valence-corrected chi connectivity index (χ4v) is 6.72. The molecule has 6 radical (unpaired) electrons. The largest absolute Gasteiger partial charge is 0.444 e. The zero-order valence-corrected chi connectivity index (χ0v) is 18.0. The van der Waals surface area contributed by atoms with Gasteiger partial charge in [-0.15, -0.1) is 0 Å². The highest BCUT2D eigenvalue weighted by Crippen LogP contribution is 2.52. The first-order valence-electron chi connectivity index (χ1n) is 6.59. The van der Waals surface area contributed by atoms with E-state index in [1.165, 1.54) is 0 Å². The molecule has 0 aromatic rings. The molecular formula is C12H27O4PSi3. The van der Waals surface area contributed by atoms with Crippen LogP contribution in [0.25, 0.3) is 0 Å². The van der Waals surface area contributed by atoms with Crippen molar-refractivity contribution in [2.45, 2.75) is 77.4 Å². The molecule has 0 atom stereocenters. The van der Waals surface area contributed by atoms with Gasteiger partial charge < -0.3 is 12.6 Å². The lowest BCUT2D eigenvalue weighted by atomic mass is 10.3. The second-order valence-corrected chi connectivity index (χ2v) is 16.0. The Labute approximate surface area is 132 Å². The molecular weight excluding hydrogens is 323 g/mol. The molecule has 0 spiro atoms. The maximum atomic E-state index is 12.7. The van der Waals surface area contributed by atoms with Crippen LogP contribution in [0.5, 0.6) is 0 Å². The molecule has 4 nitrogen and oxygen atoms in total. The Balaban J connectivity index is 4.71. The fourth-order valence-electron chi connectivity index (χ4n) is 0.634. The van der Waals surface area contributed by atoms with Gasteiger partial charge in [-0.25, -0.2) is 4.57 Å². The molecule has 0 rings (SSSR count). The summed E-state index contributed by atoms with van der Waals surface area (Å²) in [6.45, 7) is 18.3. The van der Waals surface area contributed by atoms with Gasteiger partial charge in [0.2, 0.25) is 0 Å². The second-order valence-electron chi connectivity index (χ2n) is 7.78. The van der Waals surface area contributed by atoms with Crippen LogP contribution in [0, 0.1) is 0 Å². The quantitative estimate of drug-likeness (QED) is 0.516. The Kier molecular flexibility index (Phi) is 7.63. The molecule has 0 aromatic heterocycles. The van der Waals surface area contributed by atoms with E-state index in [0.717, 1.165) is 0 Å². The monoisotopic (exact) mass is 350 g/mol. The SMILES string of the molecule is CC(C)(C)[Si]OP(=O)(O[Si]C(C)(C)C)O[Si]C(C)(C)C. The van der Waals surface area contributed by atoms with Gasteiger partial charge in [-0.2, -0.15) is 0 Å². The highest BCUT2D eigenvalue weighted by molar-refractivity contribution is 7.51. The molecule has 0 unspecified atom stereocenters. The lowest BCUT2D eigenvalue weighted by Crippen LogP contribution is -2.20. The van der Waals surface area contributed by atoms with Gasteiger partial charge >= 0.3 is 7.82 Å². The number of hydrogen-bond acceptors (Lipinski definition) is 4. The Hall–Kier alpha value is 0.761. The highest BCUT2D eigenvalue weighted by atomic mass is 31.2. The van der Waals surface area contributed by atoms with Crippen LogP contribution >= 0.6 is 7.82 Å². The van der Waals surface area contributed by atoms with E-state index in [0.29, 0.717) is 0 Å². The molecule has 0 heterocycles. The Morgan fingerprint density at radius 3 is 0.950 bits per heavy atom. The van der Waals surface area contributed by atoms with Crippen molar-refractivity contribution in [3.8, 4) is 0 Å². The first kappa shape index (κ1) is 20.8. The van der Waals surface area contributed by atoms with E-state index in [2.05, 4.69) is 0 Å². The third-order valence-electron chi connectivity index (χ3n) is 1.39. The minimum atomic E-state index is -3.47. The lowest BCUT2D eigenvalue weighted by molar-refractivity contribution is 0.301. The summed E-state index contributed by atoms with van der Waals surface area (Å²) >= 11 is 0. The van der Waals surface area contributed by atoms with Crippen LogP contribution in [0.1, 0.15) is 62.3 Å². The molecule has 0 amide bonds. The van der Waals surface area contributed by atoms with Crippen molar-refractivity contribution in [1.29, 1.82) is 0 Å². The molecule has 0 bridgehead atoms. The Bertz CT molecular complexity index is 290. The van der Waals surface area contributed by atoms with Gasteiger partial charge in [0.15, 0.2) is 0 Å². The molecule has 0 aliphatic carbocycles. The predicted octanol–water partition coefficient (Wildman–Crippen LogP) is 4.66. The van der Waals surface area contributed by atoms with Crippen LogP contribution < -0.4 is 0 Å². The van der Waals surface area contributed by atoms with Crippen molar-refractivity contribution in [1.82, 2.24) is 0 Å². The van der Waals surface area contributed by atoms with E-state index >= 15 is 0 Å². The van der Waals surface area contributed by atoms with Gasteiger partial charge in [-0.1, -0.05) is 62.3 Å². The summed E-state index contributed by atoms with van der Waals surface area (Å²) in [5.74, 6) is 0. The van der Waals surface area contributed by atoms with Crippen LogP contribution in [0.3, 0.4) is 0 Å². The van der Waals surface area contributed by atoms with Gasteiger partial charge in [0, 0.05) is 0 Å². The first-order chi connectivity index (χ1) is 8.62. The van der Waals surface area contributed by atoms with E-state index in [9.17, 15) is 4.57 Å². The van der Waals surface area contributed by atoms with E-state index in [1.807, 2.05) is 62.3 Å². The lowest BCUT2D eigenvalue weighted by Gasteiger charge is -2.27. The van der Waals surface area contributed by atoms with Gasteiger partial charge in [0.25, 0.3) is 29.3 Å². The molecule has 0 saturated heterocycles. The molecule has 8 heteroatoms. The van der Waals surface area contributed by atoms with Gasteiger partial charge in [0.05, 0.1) is 0 Å². The van der Waals surface area contributed by atoms with Gasteiger partial charge in [-0.05, 0) is 15.1 Å². The summed E-state index contributed by atoms with van der Waals surface area (Å²) in [5.41, 5.74) is 0. The summed E-state index contributed by atoms with van der Waals surface area (Å²) in [6.07, 6.45) is 0. The summed E-state index contributed by atoms with van der Waals surface area (Å²) in [6, 6.07) is 0. The van der Waals surface area contributed by atoms with Crippen molar-refractivity contribution >= 4 is 37.1 Å². The zero-order chi connectivity index (χ0) is 16.2. The van der Waals surface area contributed by atoms with Gasteiger partial charge in [0.1, 0.15) is 0 Å². The smallest absolute Gasteiger partial charge is 0.331 e. The van der Waals surface area contributed by atoms with Gasteiger partial charge in [-0.3, -0.25) is 0 Å². The normalized spacial score (nSPS) is 14.7. The summed E-state index contributed by atoms with van der Waals surface area (Å²) in [7, 11) is -3.25. The molecule has 0 aromatic carbocycles. The number of phosphoric acid groups is 1. The van der Waals surface area contributed by atoms with Crippen molar-refractivity contribution in [3.63, 3.8) is 0 Å². The molecule has 0 aliphatic heterocycles. The van der Waals surface area contributed by atoms with Crippen LogP contribution in [0.4, 0.5) is 0 Å². The number of hydrogen-bond donors (Lipinski definition) is 0. The molecule has 0 fully saturated rings. The third-order valence-corrected chi connectivity index (χ3v) is 7.01. The van der Waals surface area contributed by atoms with E-state index in [4.69, 9.17) is 12.6 Å². The minimum Gasteiger partial charge on any atom is -0.331 e. The first-order valence-corrected chi connectivity index (χ1v) is 10.8. The van der Waals surface area contributed by atoms with Crippen LogP contribution in [-0.4, -0.2) is 29.3 Å². The van der Waals surface area contributed by atoms with Crippen molar-refractivity contribution in [2.24, 2.45) is 0 Å². The Morgan fingerprint density at radius 1 is 0.600 bits per heavy atom. The molecule has 0 aliphatic rings. The van der Waals surface area contributed by atoms with Crippen LogP contribution in [-0.2, 0) is 17.2 Å². The summed E-state index contributed by atoms with van der Waals surface area (Å²) in [4.78, 5) is 0. The minimum absolute atomic E-state index is 0.0575. The number of rotatable bonds is 6. The molecule has 116 valence electrons. The average molecular weight is 351 g/mol. The molecule has 0 N–H and O–H groups in total. The van der Waals surface area contributed by atoms with Crippen LogP contribution in [0.15, 0.2) is 0 Å². The Morgan fingerprint density at radius 2 is 0.800 bits per heavy atom. The molecule has 20 heavy (non-hydrogen) atoms. The maximum Gasteiger partial charge on any atom is 0.444 e. The fraction of sp³-hybridized carbons (Fsp3) is 1.00. The summed E-state index contributed by atoms with van der Waals surface area (Å²) < 4.78 is 29.3. The maximum absolute atomic E-state index is 12.7.